The largest absolute Gasteiger partial charge is 0.351 e. The molecule has 1 aromatic heterocycles. The number of carbonyl (C=O) groups excluding carboxylic acids is 1. The average Bonchev–Trinajstić information content (AvgIpc) is 2.87. The second-order valence-corrected chi connectivity index (χ2v) is 6.10. The molecule has 5 heteroatoms. The minimum Gasteiger partial charge on any atom is -0.351 e. The topological polar surface area (TPSA) is 58.1 Å². The van der Waals surface area contributed by atoms with E-state index in [0.717, 1.165) is 25.9 Å². The van der Waals surface area contributed by atoms with E-state index in [1.165, 1.54) is 38.5 Å². The Labute approximate surface area is 126 Å². The van der Waals surface area contributed by atoms with Crippen molar-refractivity contribution >= 4 is 11.9 Å². The van der Waals surface area contributed by atoms with Gasteiger partial charge < -0.3 is 10.2 Å². The van der Waals surface area contributed by atoms with Crippen LogP contribution >= 0.6 is 0 Å². The van der Waals surface area contributed by atoms with E-state index >= 15 is 0 Å². The molecule has 5 nitrogen and oxygen atoms in total. The molecule has 1 N–H and O–H groups in total. The molecule has 0 radical (unpaired) electrons. The van der Waals surface area contributed by atoms with Gasteiger partial charge in [-0.3, -0.25) is 4.79 Å². The first-order chi connectivity index (χ1) is 10.3. The maximum atomic E-state index is 12.5. The lowest BCUT2D eigenvalue weighted by molar-refractivity contribution is 0.0755. The van der Waals surface area contributed by atoms with E-state index in [-0.39, 0.29) is 5.91 Å². The lowest BCUT2D eigenvalue weighted by Gasteiger charge is -2.20. The molecule has 1 saturated heterocycles. The molecule has 1 aliphatic heterocycles. The summed E-state index contributed by atoms with van der Waals surface area (Å²) in [6.07, 6.45) is 11.2. The highest BCUT2D eigenvalue weighted by Crippen LogP contribution is 2.21. The second-order valence-electron chi connectivity index (χ2n) is 6.10. The number of amides is 1. The molecule has 1 aliphatic carbocycles. The third-order valence-electron chi connectivity index (χ3n) is 4.46. The second kappa shape index (κ2) is 6.87. The Bertz CT molecular complexity index is 477. The molecule has 3 rings (SSSR count). The highest BCUT2D eigenvalue weighted by atomic mass is 16.2. The van der Waals surface area contributed by atoms with Gasteiger partial charge in [0.2, 0.25) is 5.95 Å². The van der Waals surface area contributed by atoms with Gasteiger partial charge in [0.25, 0.3) is 5.91 Å². The molecule has 1 aromatic rings. The van der Waals surface area contributed by atoms with Gasteiger partial charge >= 0.3 is 0 Å². The van der Waals surface area contributed by atoms with Crippen LogP contribution in [0.2, 0.25) is 0 Å². The lowest BCUT2D eigenvalue weighted by Crippen LogP contribution is -2.32. The van der Waals surface area contributed by atoms with Crippen molar-refractivity contribution < 1.29 is 4.79 Å². The first kappa shape index (κ1) is 14.3. The van der Waals surface area contributed by atoms with Gasteiger partial charge in [0.15, 0.2) is 0 Å². The number of aromatic nitrogens is 2. The zero-order chi connectivity index (χ0) is 14.5. The standard InChI is InChI=1S/C16H24N4O/c21-15(20-11-5-1-2-6-12-20)14-9-10-17-16(19-14)18-13-7-3-4-8-13/h9-10,13H,1-8,11-12H2,(H,17,18,19). The van der Waals surface area contributed by atoms with Gasteiger partial charge in [0, 0.05) is 25.3 Å². The number of nitrogens with zero attached hydrogens (tertiary/aromatic N) is 3. The molecule has 2 aliphatic rings. The molecule has 0 aromatic carbocycles. The van der Waals surface area contributed by atoms with Crippen molar-refractivity contribution in [2.75, 3.05) is 18.4 Å². The van der Waals surface area contributed by atoms with Crippen molar-refractivity contribution in [3.8, 4) is 0 Å². The maximum absolute atomic E-state index is 12.5. The smallest absolute Gasteiger partial charge is 0.272 e. The highest BCUT2D eigenvalue weighted by Gasteiger charge is 2.20. The normalized spacial score (nSPS) is 20.3. The minimum absolute atomic E-state index is 0.0498. The zero-order valence-corrected chi connectivity index (χ0v) is 12.6. The van der Waals surface area contributed by atoms with Crippen LogP contribution in [-0.2, 0) is 0 Å². The molecule has 0 spiro atoms. The summed E-state index contributed by atoms with van der Waals surface area (Å²) < 4.78 is 0. The summed E-state index contributed by atoms with van der Waals surface area (Å²) in [5, 5.41) is 3.36. The number of nitrogens with one attached hydrogen (secondary N) is 1. The molecule has 0 unspecified atom stereocenters. The number of rotatable bonds is 3. The Kier molecular flexibility index (Phi) is 4.68. The Balaban J connectivity index is 1.67. The van der Waals surface area contributed by atoms with Crippen LogP contribution in [-0.4, -0.2) is 39.9 Å². The van der Waals surface area contributed by atoms with Gasteiger partial charge in [0.1, 0.15) is 5.69 Å². The van der Waals surface area contributed by atoms with Gasteiger partial charge in [0.05, 0.1) is 0 Å². The molecule has 2 heterocycles. The molecule has 1 amide bonds. The van der Waals surface area contributed by atoms with Crippen LogP contribution in [0.3, 0.4) is 0 Å². The van der Waals surface area contributed by atoms with Crippen LogP contribution in [0.1, 0.15) is 61.9 Å². The Morgan fingerprint density at radius 3 is 2.52 bits per heavy atom. The fourth-order valence-electron chi connectivity index (χ4n) is 3.24. The molecule has 2 fully saturated rings. The first-order valence-corrected chi connectivity index (χ1v) is 8.22. The zero-order valence-electron chi connectivity index (χ0n) is 12.6. The summed E-state index contributed by atoms with van der Waals surface area (Å²) >= 11 is 0. The summed E-state index contributed by atoms with van der Waals surface area (Å²) in [5.41, 5.74) is 0.521. The predicted molar refractivity (Wildman–Crippen MR) is 82.3 cm³/mol. The van der Waals surface area contributed by atoms with Gasteiger partial charge in [-0.25, -0.2) is 9.97 Å². The van der Waals surface area contributed by atoms with Gasteiger partial charge in [-0.2, -0.15) is 0 Å². The summed E-state index contributed by atoms with van der Waals surface area (Å²) in [4.78, 5) is 23.2. The Hall–Kier alpha value is -1.65. The fourth-order valence-corrected chi connectivity index (χ4v) is 3.24. The van der Waals surface area contributed by atoms with E-state index in [1.54, 1.807) is 12.3 Å². The lowest BCUT2D eigenvalue weighted by atomic mass is 10.2. The molecule has 1 saturated carbocycles. The fraction of sp³-hybridized carbons (Fsp3) is 0.688. The number of anilines is 1. The van der Waals surface area contributed by atoms with Crippen molar-refractivity contribution in [3.63, 3.8) is 0 Å². The number of carbonyl (C=O) groups is 1. The number of likely N-dealkylation sites (tertiary alicyclic amines) is 1. The van der Waals surface area contributed by atoms with Crippen molar-refractivity contribution in [3.05, 3.63) is 18.0 Å². The van der Waals surface area contributed by atoms with Crippen LogP contribution in [0.25, 0.3) is 0 Å². The first-order valence-electron chi connectivity index (χ1n) is 8.22. The van der Waals surface area contributed by atoms with Gasteiger partial charge in [-0.05, 0) is 31.7 Å². The van der Waals surface area contributed by atoms with Gasteiger partial charge in [-0.1, -0.05) is 25.7 Å². The van der Waals surface area contributed by atoms with E-state index in [9.17, 15) is 4.79 Å². The molecule has 21 heavy (non-hydrogen) atoms. The van der Waals surface area contributed by atoms with Crippen molar-refractivity contribution in [1.82, 2.24) is 14.9 Å². The molecule has 0 atom stereocenters. The summed E-state index contributed by atoms with van der Waals surface area (Å²) in [7, 11) is 0. The van der Waals surface area contributed by atoms with E-state index in [2.05, 4.69) is 15.3 Å². The van der Waals surface area contributed by atoms with Crippen LogP contribution in [0.5, 0.6) is 0 Å². The van der Waals surface area contributed by atoms with Crippen molar-refractivity contribution in [1.29, 1.82) is 0 Å². The monoisotopic (exact) mass is 288 g/mol. The Morgan fingerprint density at radius 1 is 1.10 bits per heavy atom. The SMILES string of the molecule is O=C(c1ccnc(NC2CCCC2)n1)N1CCCCCC1. The van der Waals surface area contributed by atoms with E-state index in [4.69, 9.17) is 0 Å². The minimum atomic E-state index is 0.0498. The highest BCUT2D eigenvalue weighted by molar-refractivity contribution is 5.92. The number of hydrogen-bond acceptors (Lipinski definition) is 4. The van der Waals surface area contributed by atoms with E-state index in [0.29, 0.717) is 17.7 Å². The third-order valence-corrected chi connectivity index (χ3v) is 4.46. The molecule has 114 valence electrons. The van der Waals surface area contributed by atoms with E-state index in [1.807, 2.05) is 4.90 Å². The van der Waals surface area contributed by atoms with Crippen molar-refractivity contribution in [2.45, 2.75) is 57.4 Å². The molecular formula is C16H24N4O. The quantitative estimate of drug-likeness (QED) is 0.929. The summed E-state index contributed by atoms with van der Waals surface area (Å²) in [5.74, 6) is 0.649. The third kappa shape index (κ3) is 3.71. The van der Waals surface area contributed by atoms with Crippen LogP contribution in [0, 0.1) is 0 Å². The molecular weight excluding hydrogens is 264 g/mol. The predicted octanol–water partition coefficient (Wildman–Crippen LogP) is 2.85. The summed E-state index contributed by atoms with van der Waals surface area (Å²) in [6.45, 7) is 1.71. The summed E-state index contributed by atoms with van der Waals surface area (Å²) in [6, 6.07) is 2.20. The molecule has 0 bridgehead atoms. The maximum Gasteiger partial charge on any atom is 0.272 e. The van der Waals surface area contributed by atoms with Crippen LogP contribution in [0.15, 0.2) is 12.3 Å². The average molecular weight is 288 g/mol. The van der Waals surface area contributed by atoms with Crippen molar-refractivity contribution in [2.24, 2.45) is 0 Å². The van der Waals surface area contributed by atoms with E-state index < -0.39 is 0 Å². The van der Waals surface area contributed by atoms with Crippen LogP contribution in [0.4, 0.5) is 5.95 Å². The van der Waals surface area contributed by atoms with Gasteiger partial charge in [-0.15, -0.1) is 0 Å². The Morgan fingerprint density at radius 2 is 1.81 bits per heavy atom. The number of hydrogen-bond donors (Lipinski definition) is 1. The van der Waals surface area contributed by atoms with Crippen LogP contribution < -0.4 is 5.32 Å².